The van der Waals surface area contributed by atoms with Crippen LogP contribution < -0.4 is 9.64 Å². The molecule has 0 atom stereocenters. The van der Waals surface area contributed by atoms with E-state index in [-0.39, 0.29) is 9.92 Å². The fourth-order valence-electron chi connectivity index (χ4n) is 3.53. The highest BCUT2D eigenvalue weighted by atomic mass is 35.5. The van der Waals surface area contributed by atoms with Gasteiger partial charge < -0.3 is 9.64 Å². The molecule has 0 radical (unpaired) electrons. The quantitative estimate of drug-likeness (QED) is 0.475. The third-order valence-electron chi connectivity index (χ3n) is 5.23. The van der Waals surface area contributed by atoms with Gasteiger partial charge in [0.2, 0.25) is 0 Å². The summed E-state index contributed by atoms with van der Waals surface area (Å²) >= 11 is 13.5. The summed E-state index contributed by atoms with van der Waals surface area (Å²) in [4.78, 5) is 7.13. The SMILES string of the molecule is COc1cccc(-c2csc(N3CCC(S(=O)(=O)c4ccc(Cl)c(Cl)c4)CC3)n2)c1. The third kappa shape index (κ3) is 4.30. The molecule has 2 heterocycles. The number of halogens is 2. The van der Waals surface area contributed by atoms with Gasteiger partial charge >= 0.3 is 0 Å². The van der Waals surface area contributed by atoms with E-state index in [2.05, 4.69) is 4.90 Å². The van der Waals surface area contributed by atoms with E-state index in [1.807, 2.05) is 29.6 Å². The van der Waals surface area contributed by atoms with Gasteiger partial charge in [0.1, 0.15) is 5.75 Å². The molecule has 0 aliphatic carbocycles. The Morgan fingerprint density at radius 2 is 1.87 bits per heavy atom. The molecule has 30 heavy (non-hydrogen) atoms. The number of aromatic nitrogens is 1. The normalized spacial score (nSPS) is 15.4. The van der Waals surface area contributed by atoms with Crippen molar-refractivity contribution in [2.45, 2.75) is 23.0 Å². The topological polar surface area (TPSA) is 59.5 Å². The Morgan fingerprint density at radius 1 is 1.10 bits per heavy atom. The molecule has 0 unspecified atom stereocenters. The van der Waals surface area contributed by atoms with Crippen LogP contribution in [0.4, 0.5) is 5.13 Å². The molecular formula is C21H20Cl2N2O3S2. The van der Waals surface area contributed by atoms with Crippen LogP contribution in [0.5, 0.6) is 5.75 Å². The molecule has 1 fully saturated rings. The van der Waals surface area contributed by atoms with Crippen LogP contribution in [0, 0.1) is 0 Å². The smallest absolute Gasteiger partial charge is 0.185 e. The fraction of sp³-hybridized carbons (Fsp3) is 0.286. The first-order chi connectivity index (χ1) is 14.4. The van der Waals surface area contributed by atoms with E-state index in [1.165, 1.54) is 18.2 Å². The van der Waals surface area contributed by atoms with Crippen LogP contribution in [0.25, 0.3) is 11.3 Å². The number of benzene rings is 2. The molecule has 5 nitrogen and oxygen atoms in total. The largest absolute Gasteiger partial charge is 0.497 e. The zero-order valence-corrected chi connectivity index (χ0v) is 19.4. The van der Waals surface area contributed by atoms with Crippen LogP contribution in [-0.2, 0) is 9.84 Å². The summed E-state index contributed by atoms with van der Waals surface area (Å²) in [6.07, 6.45) is 1.08. The van der Waals surface area contributed by atoms with Crippen molar-refractivity contribution in [3.05, 3.63) is 57.9 Å². The summed E-state index contributed by atoms with van der Waals surface area (Å²) in [7, 11) is -1.81. The Balaban J connectivity index is 1.46. The van der Waals surface area contributed by atoms with Crippen molar-refractivity contribution in [1.82, 2.24) is 4.98 Å². The zero-order valence-electron chi connectivity index (χ0n) is 16.2. The molecule has 0 N–H and O–H groups in total. The summed E-state index contributed by atoms with van der Waals surface area (Å²) in [5.74, 6) is 0.787. The lowest BCUT2D eigenvalue weighted by atomic mass is 10.1. The minimum absolute atomic E-state index is 0.227. The van der Waals surface area contributed by atoms with Gasteiger partial charge in [0.15, 0.2) is 15.0 Å². The molecule has 3 aromatic rings. The molecule has 2 aromatic carbocycles. The number of ether oxygens (including phenoxy) is 1. The van der Waals surface area contributed by atoms with E-state index in [0.29, 0.717) is 31.0 Å². The minimum Gasteiger partial charge on any atom is -0.497 e. The maximum absolute atomic E-state index is 13.0. The van der Waals surface area contributed by atoms with Gasteiger partial charge in [-0.25, -0.2) is 13.4 Å². The number of sulfone groups is 1. The maximum atomic E-state index is 13.0. The van der Waals surface area contributed by atoms with Crippen molar-refractivity contribution in [3.8, 4) is 17.0 Å². The lowest BCUT2D eigenvalue weighted by Crippen LogP contribution is -2.39. The molecule has 9 heteroatoms. The van der Waals surface area contributed by atoms with Crippen molar-refractivity contribution in [2.75, 3.05) is 25.1 Å². The standard InChI is InChI=1S/C21H20Cl2N2O3S2/c1-28-15-4-2-3-14(11-15)20-13-29-21(24-20)25-9-7-16(8-10-25)30(26,27)17-5-6-18(22)19(23)12-17/h2-6,11-13,16H,7-10H2,1H3. The van der Waals surface area contributed by atoms with Crippen LogP contribution in [-0.4, -0.2) is 38.9 Å². The van der Waals surface area contributed by atoms with Crippen LogP contribution in [0.1, 0.15) is 12.8 Å². The number of rotatable bonds is 5. The van der Waals surface area contributed by atoms with Gasteiger partial charge in [0, 0.05) is 24.0 Å². The van der Waals surface area contributed by atoms with Crippen LogP contribution in [0.15, 0.2) is 52.7 Å². The Morgan fingerprint density at radius 3 is 2.57 bits per heavy atom. The van der Waals surface area contributed by atoms with Gasteiger partial charge in [-0.2, -0.15) is 0 Å². The summed E-state index contributed by atoms with van der Waals surface area (Å²) in [6, 6.07) is 12.3. The highest BCUT2D eigenvalue weighted by Gasteiger charge is 2.32. The summed E-state index contributed by atoms with van der Waals surface area (Å²) in [5, 5.41) is 3.08. The second-order valence-electron chi connectivity index (χ2n) is 7.05. The molecule has 4 rings (SSSR count). The average Bonchev–Trinajstić information content (AvgIpc) is 3.26. The lowest BCUT2D eigenvalue weighted by molar-refractivity contribution is 0.415. The predicted molar refractivity (Wildman–Crippen MR) is 123 cm³/mol. The molecule has 0 amide bonds. The van der Waals surface area contributed by atoms with Crippen molar-refractivity contribution >= 4 is 49.5 Å². The first-order valence-electron chi connectivity index (χ1n) is 9.42. The molecule has 1 saturated heterocycles. The fourth-order valence-corrected chi connectivity index (χ4v) is 6.54. The minimum atomic E-state index is -3.45. The molecule has 1 aromatic heterocycles. The number of thiazole rings is 1. The van der Waals surface area contributed by atoms with Gasteiger partial charge in [-0.3, -0.25) is 0 Å². The number of methoxy groups -OCH3 is 1. The second kappa shape index (κ2) is 8.75. The third-order valence-corrected chi connectivity index (χ3v) is 9.13. The Kier molecular flexibility index (Phi) is 6.25. The Bertz CT molecular complexity index is 1160. The molecule has 0 spiro atoms. The van der Waals surface area contributed by atoms with E-state index >= 15 is 0 Å². The van der Waals surface area contributed by atoms with Gasteiger partial charge in [-0.05, 0) is 43.2 Å². The van der Waals surface area contributed by atoms with Crippen molar-refractivity contribution in [3.63, 3.8) is 0 Å². The molecule has 1 aliphatic rings. The first-order valence-corrected chi connectivity index (χ1v) is 12.6. The van der Waals surface area contributed by atoms with E-state index in [0.717, 1.165) is 22.1 Å². The highest BCUT2D eigenvalue weighted by Crippen LogP contribution is 2.33. The van der Waals surface area contributed by atoms with E-state index in [9.17, 15) is 8.42 Å². The van der Waals surface area contributed by atoms with E-state index in [4.69, 9.17) is 32.9 Å². The molecule has 158 valence electrons. The Hall–Kier alpha value is -1.80. The van der Waals surface area contributed by atoms with Crippen molar-refractivity contribution < 1.29 is 13.2 Å². The van der Waals surface area contributed by atoms with Gasteiger partial charge in [0.05, 0.1) is 33.0 Å². The van der Waals surface area contributed by atoms with Crippen LogP contribution >= 0.6 is 34.5 Å². The van der Waals surface area contributed by atoms with Gasteiger partial charge in [0.25, 0.3) is 0 Å². The molecule has 0 saturated carbocycles. The number of hydrogen-bond donors (Lipinski definition) is 0. The van der Waals surface area contributed by atoms with E-state index in [1.54, 1.807) is 18.4 Å². The number of nitrogens with zero attached hydrogens (tertiary/aromatic N) is 2. The molecule has 1 aliphatic heterocycles. The predicted octanol–water partition coefficient (Wildman–Crippen LogP) is 5.57. The lowest BCUT2D eigenvalue weighted by Gasteiger charge is -2.31. The summed E-state index contributed by atoms with van der Waals surface area (Å²) < 4.78 is 31.3. The van der Waals surface area contributed by atoms with Crippen molar-refractivity contribution in [1.29, 1.82) is 0 Å². The van der Waals surface area contributed by atoms with Gasteiger partial charge in [-0.15, -0.1) is 11.3 Å². The first kappa shape index (κ1) is 21.4. The number of anilines is 1. The van der Waals surface area contributed by atoms with Gasteiger partial charge in [-0.1, -0.05) is 35.3 Å². The molecule has 0 bridgehead atoms. The second-order valence-corrected chi connectivity index (χ2v) is 10.9. The Labute approximate surface area is 190 Å². The highest BCUT2D eigenvalue weighted by molar-refractivity contribution is 7.92. The number of piperidine rings is 1. The average molecular weight is 483 g/mol. The van der Waals surface area contributed by atoms with Crippen LogP contribution in [0.3, 0.4) is 0 Å². The zero-order chi connectivity index (χ0) is 21.3. The monoisotopic (exact) mass is 482 g/mol. The number of hydrogen-bond acceptors (Lipinski definition) is 6. The summed E-state index contributed by atoms with van der Waals surface area (Å²) in [6.45, 7) is 1.27. The summed E-state index contributed by atoms with van der Waals surface area (Å²) in [5.41, 5.74) is 1.88. The van der Waals surface area contributed by atoms with E-state index < -0.39 is 15.1 Å². The molecular weight excluding hydrogens is 463 g/mol. The van der Waals surface area contributed by atoms with Crippen molar-refractivity contribution in [2.24, 2.45) is 0 Å². The maximum Gasteiger partial charge on any atom is 0.185 e. The van der Waals surface area contributed by atoms with Crippen LogP contribution in [0.2, 0.25) is 10.0 Å².